The van der Waals surface area contributed by atoms with E-state index in [0.29, 0.717) is 19.8 Å². The third kappa shape index (κ3) is 7.11. The van der Waals surface area contributed by atoms with E-state index in [-0.39, 0.29) is 12.3 Å². The maximum atomic E-state index is 11.6. The number of nitrogens with one attached hydrogen (secondary N) is 2. The van der Waals surface area contributed by atoms with Gasteiger partial charge in [0.25, 0.3) is 0 Å². The summed E-state index contributed by atoms with van der Waals surface area (Å²) in [6, 6.07) is 9.17. The summed E-state index contributed by atoms with van der Waals surface area (Å²) < 4.78 is 10.9. The van der Waals surface area contributed by atoms with E-state index in [1.165, 1.54) is 0 Å². The zero-order valence-electron chi connectivity index (χ0n) is 12.2. The Balaban J connectivity index is 2.15. The van der Waals surface area contributed by atoms with Crippen LogP contribution in [0.25, 0.3) is 0 Å². The molecule has 0 saturated heterocycles. The number of urea groups is 1. The lowest BCUT2D eigenvalue weighted by Crippen LogP contribution is -2.30. The second kappa shape index (κ2) is 10.2. The van der Waals surface area contributed by atoms with Crippen LogP contribution in [-0.2, 0) is 9.47 Å². The first kappa shape index (κ1) is 16.5. The summed E-state index contributed by atoms with van der Waals surface area (Å²) in [6.07, 6.45) is 1.41. The van der Waals surface area contributed by atoms with Crippen LogP contribution in [0.1, 0.15) is 26.7 Å². The van der Waals surface area contributed by atoms with Gasteiger partial charge in [-0.2, -0.15) is 0 Å². The number of hydrogen-bond acceptors (Lipinski definition) is 3. The molecule has 0 saturated carbocycles. The molecule has 0 aliphatic rings. The average molecular weight is 280 g/mol. The number of amides is 2. The molecule has 0 aliphatic carbocycles. The molecule has 0 unspecified atom stereocenters. The molecule has 2 amide bonds. The van der Waals surface area contributed by atoms with E-state index in [9.17, 15) is 4.79 Å². The summed E-state index contributed by atoms with van der Waals surface area (Å²) in [5, 5.41) is 5.58. The van der Waals surface area contributed by atoms with E-state index in [4.69, 9.17) is 9.47 Å². The van der Waals surface area contributed by atoms with Crippen molar-refractivity contribution in [3.8, 4) is 0 Å². The number of para-hydroxylation sites is 1. The number of rotatable bonds is 9. The minimum absolute atomic E-state index is 0.177. The van der Waals surface area contributed by atoms with Crippen LogP contribution in [0.3, 0.4) is 0 Å². The maximum absolute atomic E-state index is 11.6. The lowest BCUT2D eigenvalue weighted by atomic mass is 10.3. The SMILES string of the molecule is CCOC(CCCNC(=O)Nc1ccccc1)OCC. The highest BCUT2D eigenvalue weighted by Gasteiger charge is 2.07. The highest BCUT2D eigenvalue weighted by atomic mass is 16.7. The Morgan fingerprint density at radius 2 is 1.80 bits per heavy atom. The van der Waals surface area contributed by atoms with Crippen LogP contribution in [0.5, 0.6) is 0 Å². The molecule has 0 bridgehead atoms. The van der Waals surface area contributed by atoms with Crippen molar-refractivity contribution in [1.29, 1.82) is 0 Å². The summed E-state index contributed by atoms with van der Waals surface area (Å²) >= 11 is 0. The van der Waals surface area contributed by atoms with E-state index >= 15 is 0 Å². The second-order valence-electron chi connectivity index (χ2n) is 4.23. The van der Waals surface area contributed by atoms with Gasteiger partial charge in [-0.25, -0.2) is 4.79 Å². The van der Waals surface area contributed by atoms with Crippen molar-refractivity contribution in [2.24, 2.45) is 0 Å². The molecule has 20 heavy (non-hydrogen) atoms. The molecule has 0 aromatic heterocycles. The number of carbonyl (C=O) groups is 1. The van der Waals surface area contributed by atoms with Gasteiger partial charge in [0.2, 0.25) is 0 Å². The molecule has 0 radical (unpaired) electrons. The van der Waals surface area contributed by atoms with E-state index < -0.39 is 0 Å². The predicted octanol–water partition coefficient (Wildman–Crippen LogP) is 2.99. The maximum Gasteiger partial charge on any atom is 0.319 e. The molecule has 2 N–H and O–H groups in total. The summed E-state index contributed by atoms with van der Waals surface area (Å²) in [6.45, 7) is 5.74. The van der Waals surface area contributed by atoms with Gasteiger partial charge in [0.1, 0.15) is 0 Å². The first-order valence-corrected chi connectivity index (χ1v) is 7.09. The summed E-state index contributed by atoms with van der Waals surface area (Å²) in [4.78, 5) is 11.6. The normalized spacial score (nSPS) is 10.6. The molecule has 1 rings (SSSR count). The molecule has 0 aliphatic heterocycles. The highest BCUT2D eigenvalue weighted by Crippen LogP contribution is 2.05. The third-order valence-corrected chi connectivity index (χ3v) is 2.64. The summed E-state index contributed by atoms with van der Waals surface area (Å²) in [5.74, 6) is 0. The molecule has 1 aromatic rings. The highest BCUT2D eigenvalue weighted by molar-refractivity contribution is 5.89. The van der Waals surface area contributed by atoms with Crippen LogP contribution in [0.2, 0.25) is 0 Å². The standard InChI is InChI=1S/C15H24N2O3/c1-3-19-14(20-4-2)11-8-12-16-15(18)17-13-9-6-5-7-10-13/h5-7,9-10,14H,3-4,8,11-12H2,1-2H3,(H2,16,17,18). The molecule has 0 spiro atoms. The number of carbonyl (C=O) groups excluding carboxylic acids is 1. The molecule has 1 aromatic carbocycles. The molecule has 0 heterocycles. The lowest BCUT2D eigenvalue weighted by molar-refractivity contribution is -0.139. The van der Waals surface area contributed by atoms with Crippen LogP contribution in [0.15, 0.2) is 30.3 Å². The Morgan fingerprint density at radius 3 is 2.40 bits per heavy atom. The summed E-state index contributed by atoms with van der Waals surface area (Å²) in [5.41, 5.74) is 0.784. The van der Waals surface area contributed by atoms with Gasteiger partial charge in [-0.15, -0.1) is 0 Å². The molecular formula is C15H24N2O3. The quantitative estimate of drug-likeness (QED) is 0.540. The average Bonchev–Trinajstić information content (AvgIpc) is 2.45. The minimum atomic E-state index is -0.194. The van der Waals surface area contributed by atoms with Gasteiger partial charge in [-0.3, -0.25) is 0 Å². The minimum Gasteiger partial charge on any atom is -0.353 e. The van der Waals surface area contributed by atoms with Gasteiger partial charge in [0, 0.05) is 31.9 Å². The molecule has 5 nitrogen and oxygen atoms in total. The zero-order chi connectivity index (χ0) is 14.6. The fourth-order valence-corrected chi connectivity index (χ4v) is 1.75. The van der Waals surface area contributed by atoms with Crippen LogP contribution in [-0.4, -0.2) is 32.1 Å². The Kier molecular flexibility index (Phi) is 8.42. The van der Waals surface area contributed by atoms with E-state index in [1.54, 1.807) is 0 Å². The van der Waals surface area contributed by atoms with Gasteiger partial charge in [0.05, 0.1) is 0 Å². The third-order valence-electron chi connectivity index (χ3n) is 2.64. The van der Waals surface area contributed by atoms with Crippen molar-refractivity contribution in [3.05, 3.63) is 30.3 Å². The van der Waals surface area contributed by atoms with E-state index in [0.717, 1.165) is 18.5 Å². The van der Waals surface area contributed by atoms with Crippen molar-refractivity contribution in [3.63, 3.8) is 0 Å². The number of hydrogen-bond donors (Lipinski definition) is 2. The Morgan fingerprint density at radius 1 is 1.15 bits per heavy atom. The van der Waals surface area contributed by atoms with E-state index in [2.05, 4.69) is 10.6 Å². The summed E-state index contributed by atoms with van der Waals surface area (Å²) in [7, 11) is 0. The van der Waals surface area contributed by atoms with Crippen LogP contribution >= 0.6 is 0 Å². The zero-order valence-corrected chi connectivity index (χ0v) is 12.2. The molecule has 112 valence electrons. The van der Waals surface area contributed by atoms with Gasteiger partial charge in [-0.05, 0) is 32.4 Å². The largest absolute Gasteiger partial charge is 0.353 e. The Labute approximate surface area is 120 Å². The van der Waals surface area contributed by atoms with Gasteiger partial charge < -0.3 is 20.1 Å². The van der Waals surface area contributed by atoms with Crippen molar-refractivity contribution in [2.75, 3.05) is 25.1 Å². The molecule has 0 atom stereocenters. The first-order valence-electron chi connectivity index (χ1n) is 7.09. The van der Waals surface area contributed by atoms with Crippen molar-refractivity contribution < 1.29 is 14.3 Å². The van der Waals surface area contributed by atoms with Crippen molar-refractivity contribution in [2.45, 2.75) is 33.0 Å². The van der Waals surface area contributed by atoms with Crippen molar-refractivity contribution >= 4 is 11.7 Å². The first-order chi connectivity index (χ1) is 9.76. The Bertz CT molecular complexity index is 365. The Hall–Kier alpha value is -1.59. The number of anilines is 1. The van der Waals surface area contributed by atoms with Crippen molar-refractivity contribution in [1.82, 2.24) is 5.32 Å². The number of ether oxygens (including phenoxy) is 2. The van der Waals surface area contributed by atoms with Crippen LogP contribution in [0, 0.1) is 0 Å². The van der Waals surface area contributed by atoms with Gasteiger partial charge >= 0.3 is 6.03 Å². The van der Waals surface area contributed by atoms with Crippen LogP contribution < -0.4 is 10.6 Å². The monoisotopic (exact) mass is 280 g/mol. The fraction of sp³-hybridized carbons (Fsp3) is 0.533. The topological polar surface area (TPSA) is 59.6 Å². The number of benzene rings is 1. The molecular weight excluding hydrogens is 256 g/mol. The second-order valence-corrected chi connectivity index (χ2v) is 4.23. The molecule has 5 heteroatoms. The van der Waals surface area contributed by atoms with E-state index in [1.807, 2.05) is 44.2 Å². The fourth-order valence-electron chi connectivity index (χ4n) is 1.75. The smallest absolute Gasteiger partial charge is 0.319 e. The molecule has 0 fully saturated rings. The lowest BCUT2D eigenvalue weighted by Gasteiger charge is -2.16. The predicted molar refractivity (Wildman–Crippen MR) is 79.7 cm³/mol. The van der Waals surface area contributed by atoms with Gasteiger partial charge in [-0.1, -0.05) is 18.2 Å². The van der Waals surface area contributed by atoms with Gasteiger partial charge in [0.15, 0.2) is 6.29 Å². The van der Waals surface area contributed by atoms with Crippen LogP contribution in [0.4, 0.5) is 10.5 Å².